The fourth-order valence-electron chi connectivity index (χ4n) is 3.68. The number of aromatic nitrogens is 4. The average Bonchev–Trinajstić information content (AvgIpc) is 3.13. The van der Waals surface area contributed by atoms with E-state index in [0.717, 1.165) is 41.3 Å². The Labute approximate surface area is 158 Å². The lowest BCUT2D eigenvalue weighted by Gasteiger charge is -2.34. The first kappa shape index (κ1) is 17.6. The maximum absolute atomic E-state index is 9.71. The van der Waals surface area contributed by atoms with Crippen molar-refractivity contribution in [3.63, 3.8) is 0 Å². The van der Waals surface area contributed by atoms with Crippen LogP contribution in [0, 0.1) is 13.8 Å². The normalized spacial score (nSPS) is 16.4. The predicted molar refractivity (Wildman–Crippen MR) is 101 cm³/mol. The molecule has 7 heteroatoms. The molecule has 0 unspecified atom stereocenters. The molecule has 0 saturated carbocycles. The van der Waals surface area contributed by atoms with E-state index in [9.17, 15) is 5.11 Å². The number of rotatable bonds is 4. The van der Waals surface area contributed by atoms with Crippen molar-refractivity contribution in [3.05, 3.63) is 65.0 Å². The van der Waals surface area contributed by atoms with E-state index in [1.807, 2.05) is 22.9 Å². The van der Waals surface area contributed by atoms with E-state index >= 15 is 0 Å². The Morgan fingerprint density at radius 1 is 1.00 bits per heavy atom. The fraction of sp³-hybridized carbons (Fsp3) is 0.350. The molecule has 0 aliphatic carbocycles. The van der Waals surface area contributed by atoms with E-state index in [4.69, 9.17) is 4.74 Å². The van der Waals surface area contributed by atoms with Crippen molar-refractivity contribution < 1.29 is 9.84 Å². The molecule has 7 nitrogen and oxygen atoms in total. The highest BCUT2D eigenvalue weighted by Crippen LogP contribution is 2.31. The van der Waals surface area contributed by atoms with Crippen LogP contribution in [0.5, 0.6) is 5.75 Å². The van der Waals surface area contributed by atoms with Crippen LogP contribution in [-0.2, 0) is 4.74 Å². The Kier molecular flexibility index (Phi) is 4.87. The quantitative estimate of drug-likeness (QED) is 0.765. The van der Waals surface area contributed by atoms with Gasteiger partial charge in [0, 0.05) is 13.1 Å². The van der Waals surface area contributed by atoms with Gasteiger partial charge in [-0.3, -0.25) is 4.90 Å². The molecule has 3 aromatic rings. The lowest BCUT2D eigenvalue weighted by Crippen LogP contribution is -2.40. The number of hydrogen-bond donors (Lipinski definition) is 1. The van der Waals surface area contributed by atoms with Gasteiger partial charge in [-0.2, -0.15) is 4.68 Å². The topological polar surface area (TPSA) is 76.3 Å². The Bertz CT molecular complexity index is 896. The van der Waals surface area contributed by atoms with Gasteiger partial charge in [0.15, 0.2) is 5.82 Å². The van der Waals surface area contributed by atoms with Crippen LogP contribution in [0.2, 0.25) is 0 Å². The third-order valence-electron chi connectivity index (χ3n) is 5.01. The second-order valence-electron chi connectivity index (χ2n) is 6.83. The van der Waals surface area contributed by atoms with Crippen LogP contribution in [0.1, 0.15) is 28.6 Å². The monoisotopic (exact) mass is 365 g/mol. The van der Waals surface area contributed by atoms with Gasteiger partial charge in [0.1, 0.15) is 5.75 Å². The van der Waals surface area contributed by atoms with Crippen LogP contribution < -0.4 is 0 Å². The molecule has 2 heterocycles. The van der Waals surface area contributed by atoms with E-state index in [1.54, 1.807) is 12.1 Å². The van der Waals surface area contributed by atoms with Crippen LogP contribution in [0.4, 0.5) is 0 Å². The summed E-state index contributed by atoms with van der Waals surface area (Å²) >= 11 is 0. The van der Waals surface area contributed by atoms with Gasteiger partial charge in [0.2, 0.25) is 0 Å². The zero-order valence-corrected chi connectivity index (χ0v) is 15.5. The van der Waals surface area contributed by atoms with E-state index in [1.165, 1.54) is 0 Å². The van der Waals surface area contributed by atoms with Crippen molar-refractivity contribution in [2.45, 2.75) is 19.9 Å². The number of tetrazole rings is 1. The molecule has 1 atom stereocenters. The molecular weight excluding hydrogens is 342 g/mol. The number of hydrogen-bond acceptors (Lipinski definition) is 6. The van der Waals surface area contributed by atoms with Crippen molar-refractivity contribution in [3.8, 4) is 11.4 Å². The molecule has 2 aromatic carbocycles. The number of para-hydroxylation sites is 1. The maximum atomic E-state index is 9.71. The highest BCUT2D eigenvalue weighted by Gasteiger charge is 2.30. The molecule has 1 saturated heterocycles. The number of benzene rings is 2. The van der Waals surface area contributed by atoms with Crippen LogP contribution in [0.15, 0.2) is 42.5 Å². The zero-order chi connectivity index (χ0) is 18.8. The second kappa shape index (κ2) is 7.46. The first-order valence-electron chi connectivity index (χ1n) is 9.11. The molecule has 1 fully saturated rings. The largest absolute Gasteiger partial charge is 0.508 e. The van der Waals surface area contributed by atoms with Crippen molar-refractivity contribution in [1.82, 2.24) is 25.1 Å². The lowest BCUT2D eigenvalue weighted by atomic mass is 10.0. The first-order chi connectivity index (χ1) is 13.1. The first-order valence-corrected chi connectivity index (χ1v) is 9.11. The molecule has 0 amide bonds. The molecule has 1 aromatic heterocycles. The summed E-state index contributed by atoms with van der Waals surface area (Å²) in [6, 6.07) is 13.3. The van der Waals surface area contributed by atoms with E-state index in [0.29, 0.717) is 13.2 Å². The smallest absolute Gasteiger partial charge is 0.178 e. The number of ether oxygens (including phenoxy) is 1. The third-order valence-corrected chi connectivity index (χ3v) is 5.01. The summed E-state index contributed by atoms with van der Waals surface area (Å²) in [6.45, 7) is 7.09. The summed E-state index contributed by atoms with van der Waals surface area (Å²) in [4.78, 5) is 2.33. The Hall–Kier alpha value is -2.77. The molecule has 0 spiro atoms. The minimum Gasteiger partial charge on any atom is -0.508 e. The van der Waals surface area contributed by atoms with Gasteiger partial charge in [0.05, 0.1) is 24.9 Å². The molecule has 1 aliphatic heterocycles. The zero-order valence-electron chi connectivity index (χ0n) is 15.5. The molecule has 4 rings (SSSR count). The molecule has 0 radical (unpaired) electrons. The number of nitrogens with zero attached hydrogens (tertiary/aromatic N) is 5. The summed E-state index contributed by atoms with van der Waals surface area (Å²) in [7, 11) is 0. The Morgan fingerprint density at radius 3 is 2.33 bits per heavy atom. The van der Waals surface area contributed by atoms with Gasteiger partial charge in [-0.15, -0.1) is 5.10 Å². The minimum atomic E-state index is -0.122. The van der Waals surface area contributed by atoms with Crippen molar-refractivity contribution >= 4 is 0 Å². The summed E-state index contributed by atoms with van der Waals surface area (Å²) in [5, 5.41) is 22.4. The van der Waals surface area contributed by atoms with Gasteiger partial charge in [-0.25, -0.2) is 0 Å². The van der Waals surface area contributed by atoms with Gasteiger partial charge >= 0.3 is 0 Å². The highest BCUT2D eigenvalue weighted by atomic mass is 16.5. The van der Waals surface area contributed by atoms with Gasteiger partial charge in [0.25, 0.3) is 0 Å². The van der Waals surface area contributed by atoms with Gasteiger partial charge in [-0.1, -0.05) is 30.3 Å². The van der Waals surface area contributed by atoms with Crippen molar-refractivity contribution in [2.24, 2.45) is 0 Å². The highest BCUT2D eigenvalue weighted by molar-refractivity contribution is 5.47. The summed E-state index contributed by atoms with van der Waals surface area (Å²) in [6.07, 6.45) is 0. The van der Waals surface area contributed by atoms with E-state index < -0.39 is 0 Å². The van der Waals surface area contributed by atoms with E-state index in [2.05, 4.69) is 46.4 Å². The molecular formula is C20H23N5O2. The Balaban J connectivity index is 1.84. The number of aryl methyl sites for hydroxylation is 2. The van der Waals surface area contributed by atoms with Crippen LogP contribution in [0.25, 0.3) is 5.69 Å². The third kappa shape index (κ3) is 3.43. The summed E-state index contributed by atoms with van der Waals surface area (Å²) < 4.78 is 7.38. The Morgan fingerprint density at radius 2 is 1.67 bits per heavy atom. The standard InChI is InChI=1S/C20H23N5O2/c1-14-4-3-5-15(2)18(14)25-20(21-22-23-25)19(24-10-12-27-13-11-24)16-6-8-17(26)9-7-16/h3-9,19,26H,10-13H2,1-2H3/t19-/m0/s1. The van der Waals surface area contributed by atoms with Crippen LogP contribution in [0.3, 0.4) is 0 Å². The fourth-order valence-corrected chi connectivity index (χ4v) is 3.68. The summed E-state index contributed by atoms with van der Waals surface area (Å²) in [5.74, 6) is 1.01. The lowest BCUT2D eigenvalue weighted by molar-refractivity contribution is 0.0220. The minimum absolute atomic E-state index is 0.122. The predicted octanol–water partition coefficient (Wildman–Crippen LogP) is 2.41. The summed E-state index contributed by atoms with van der Waals surface area (Å²) in [5.41, 5.74) is 4.29. The van der Waals surface area contributed by atoms with Gasteiger partial charge < -0.3 is 9.84 Å². The van der Waals surface area contributed by atoms with Gasteiger partial charge in [-0.05, 0) is 53.1 Å². The van der Waals surface area contributed by atoms with Crippen molar-refractivity contribution in [1.29, 1.82) is 0 Å². The molecule has 140 valence electrons. The van der Waals surface area contributed by atoms with E-state index in [-0.39, 0.29) is 11.8 Å². The van der Waals surface area contributed by atoms with Crippen LogP contribution >= 0.6 is 0 Å². The SMILES string of the molecule is Cc1cccc(C)c1-n1nnnc1[C@H](c1ccc(O)cc1)N1CCOCC1. The second-order valence-corrected chi connectivity index (χ2v) is 6.83. The number of aromatic hydroxyl groups is 1. The van der Waals surface area contributed by atoms with Crippen LogP contribution in [-0.4, -0.2) is 56.5 Å². The molecule has 1 N–H and O–H groups in total. The molecule has 0 bridgehead atoms. The molecule has 1 aliphatic rings. The van der Waals surface area contributed by atoms with Crippen molar-refractivity contribution in [2.75, 3.05) is 26.3 Å². The number of phenolic OH excluding ortho intramolecular Hbond substituents is 1. The number of morpholine rings is 1. The average molecular weight is 365 g/mol. The number of phenols is 1. The maximum Gasteiger partial charge on any atom is 0.178 e. The molecule has 27 heavy (non-hydrogen) atoms.